The predicted octanol–water partition coefficient (Wildman–Crippen LogP) is 1.84. The van der Waals surface area contributed by atoms with E-state index in [1.807, 2.05) is 30.0 Å². The number of benzene rings is 1. The van der Waals surface area contributed by atoms with Crippen LogP contribution in [0.15, 0.2) is 24.3 Å². The summed E-state index contributed by atoms with van der Waals surface area (Å²) in [5.41, 5.74) is 8.36. The van der Waals surface area contributed by atoms with Gasteiger partial charge in [0.1, 0.15) is 0 Å². The van der Waals surface area contributed by atoms with Gasteiger partial charge in [-0.25, -0.2) is 0 Å². The van der Waals surface area contributed by atoms with Crippen molar-refractivity contribution in [1.29, 1.82) is 0 Å². The van der Waals surface area contributed by atoms with Crippen molar-refractivity contribution in [3.05, 3.63) is 29.8 Å². The molecular formula is C14H18N2O. The molecule has 1 aliphatic heterocycles. The molecule has 2 N–H and O–H groups in total. The summed E-state index contributed by atoms with van der Waals surface area (Å²) in [7, 11) is 0. The molecule has 17 heavy (non-hydrogen) atoms. The standard InChI is InChI=1S/C14H18N2O/c1-10-3-2-4-12(7-10)16-9-11(8-13(16)17)14(15)5-6-14/h2-4,7,11H,5-6,8-9,15H2,1H3. The fraction of sp³-hybridized carbons (Fsp3) is 0.500. The molecule has 1 aromatic carbocycles. The molecule has 3 heteroatoms. The summed E-state index contributed by atoms with van der Waals surface area (Å²) in [5.74, 6) is 0.563. The van der Waals surface area contributed by atoms with Crippen molar-refractivity contribution in [3.8, 4) is 0 Å². The Balaban J connectivity index is 1.83. The number of nitrogens with two attached hydrogens (primary N) is 1. The molecule has 2 fully saturated rings. The fourth-order valence-corrected chi connectivity index (χ4v) is 2.69. The Morgan fingerprint density at radius 3 is 2.82 bits per heavy atom. The van der Waals surface area contributed by atoms with Crippen LogP contribution in [0, 0.1) is 12.8 Å². The van der Waals surface area contributed by atoms with Crippen LogP contribution in [0.3, 0.4) is 0 Å². The first-order valence-electron chi connectivity index (χ1n) is 6.24. The van der Waals surface area contributed by atoms with Gasteiger partial charge in [0.2, 0.25) is 5.91 Å². The lowest BCUT2D eigenvalue weighted by molar-refractivity contribution is -0.117. The Bertz CT molecular complexity index is 465. The lowest BCUT2D eigenvalue weighted by Crippen LogP contribution is -2.34. The zero-order chi connectivity index (χ0) is 12.0. The minimum absolute atomic E-state index is 0.0474. The number of aryl methyl sites for hydroxylation is 1. The van der Waals surface area contributed by atoms with E-state index in [0.29, 0.717) is 12.3 Å². The van der Waals surface area contributed by atoms with Crippen molar-refractivity contribution in [3.63, 3.8) is 0 Å². The molecule has 0 spiro atoms. The van der Waals surface area contributed by atoms with Crippen molar-refractivity contribution < 1.29 is 4.79 Å². The summed E-state index contributed by atoms with van der Waals surface area (Å²) < 4.78 is 0. The van der Waals surface area contributed by atoms with E-state index in [0.717, 1.165) is 25.1 Å². The van der Waals surface area contributed by atoms with E-state index in [4.69, 9.17) is 5.73 Å². The van der Waals surface area contributed by atoms with Gasteiger partial charge in [-0.05, 0) is 37.5 Å². The summed E-state index contributed by atoms with van der Waals surface area (Å²) in [4.78, 5) is 13.9. The Labute approximate surface area is 102 Å². The molecule has 1 heterocycles. The number of rotatable bonds is 2. The van der Waals surface area contributed by atoms with Gasteiger partial charge in [-0.1, -0.05) is 12.1 Å². The molecule has 1 amide bonds. The molecule has 1 aliphatic carbocycles. The smallest absolute Gasteiger partial charge is 0.227 e. The van der Waals surface area contributed by atoms with Gasteiger partial charge >= 0.3 is 0 Å². The summed E-state index contributed by atoms with van der Waals surface area (Å²) in [6.07, 6.45) is 2.77. The zero-order valence-electron chi connectivity index (χ0n) is 10.1. The summed E-state index contributed by atoms with van der Waals surface area (Å²) in [6.45, 7) is 2.84. The predicted molar refractivity (Wildman–Crippen MR) is 67.8 cm³/mol. The van der Waals surface area contributed by atoms with Gasteiger partial charge < -0.3 is 10.6 Å². The molecule has 1 unspecified atom stereocenters. The monoisotopic (exact) mass is 230 g/mol. The lowest BCUT2D eigenvalue weighted by atomic mass is 9.97. The van der Waals surface area contributed by atoms with Gasteiger partial charge in [0.25, 0.3) is 0 Å². The number of hydrogen-bond acceptors (Lipinski definition) is 2. The van der Waals surface area contributed by atoms with Gasteiger partial charge in [-0.2, -0.15) is 0 Å². The maximum Gasteiger partial charge on any atom is 0.227 e. The highest BCUT2D eigenvalue weighted by Gasteiger charge is 2.50. The lowest BCUT2D eigenvalue weighted by Gasteiger charge is -2.20. The molecule has 0 aromatic heterocycles. The van der Waals surface area contributed by atoms with Crippen LogP contribution in [-0.2, 0) is 4.79 Å². The normalized spacial score (nSPS) is 26.4. The van der Waals surface area contributed by atoms with Crippen molar-refractivity contribution in [2.24, 2.45) is 11.7 Å². The molecule has 90 valence electrons. The van der Waals surface area contributed by atoms with Crippen LogP contribution < -0.4 is 10.6 Å². The highest BCUT2D eigenvalue weighted by molar-refractivity contribution is 5.96. The summed E-state index contributed by atoms with van der Waals surface area (Å²) in [5, 5.41) is 0. The second kappa shape index (κ2) is 3.57. The van der Waals surface area contributed by atoms with Crippen LogP contribution in [0.5, 0.6) is 0 Å². The summed E-state index contributed by atoms with van der Waals surface area (Å²) >= 11 is 0. The molecule has 1 atom stereocenters. The fourth-order valence-electron chi connectivity index (χ4n) is 2.69. The van der Waals surface area contributed by atoms with Gasteiger partial charge in [0, 0.05) is 30.1 Å². The van der Waals surface area contributed by atoms with E-state index < -0.39 is 0 Å². The number of carbonyl (C=O) groups excluding carboxylic acids is 1. The van der Waals surface area contributed by atoms with Gasteiger partial charge in [-0.15, -0.1) is 0 Å². The van der Waals surface area contributed by atoms with Crippen molar-refractivity contribution in [2.45, 2.75) is 31.7 Å². The Hall–Kier alpha value is -1.35. The number of anilines is 1. The minimum Gasteiger partial charge on any atom is -0.325 e. The number of amides is 1. The first-order valence-corrected chi connectivity index (χ1v) is 6.24. The molecule has 3 nitrogen and oxygen atoms in total. The molecule has 0 bridgehead atoms. The first-order chi connectivity index (χ1) is 8.08. The average Bonchev–Trinajstić information content (AvgIpc) is 2.90. The highest BCUT2D eigenvalue weighted by Crippen LogP contribution is 2.44. The number of nitrogens with zero attached hydrogens (tertiary/aromatic N) is 1. The van der Waals surface area contributed by atoms with Crippen LogP contribution in [0.2, 0.25) is 0 Å². The second-order valence-electron chi connectivity index (χ2n) is 5.48. The first kappa shape index (κ1) is 10.8. The number of hydrogen-bond donors (Lipinski definition) is 1. The third-order valence-corrected chi connectivity index (χ3v) is 4.08. The van der Waals surface area contributed by atoms with Crippen LogP contribution in [0.1, 0.15) is 24.8 Å². The highest BCUT2D eigenvalue weighted by atomic mass is 16.2. The van der Waals surface area contributed by atoms with Gasteiger partial charge in [0.05, 0.1) is 0 Å². The molecular weight excluding hydrogens is 212 g/mol. The molecule has 1 aromatic rings. The van der Waals surface area contributed by atoms with E-state index in [1.165, 1.54) is 5.56 Å². The quantitative estimate of drug-likeness (QED) is 0.842. The van der Waals surface area contributed by atoms with Crippen LogP contribution in [-0.4, -0.2) is 18.0 Å². The third kappa shape index (κ3) is 1.84. The van der Waals surface area contributed by atoms with Crippen LogP contribution >= 0.6 is 0 Å². The summed E-state index contributed by atoms with van der Waals surface area (Å²) in [6, 6.07) is 8.12. The Kier molecular flexibility index (Phi) is 2.26. The SMILES string of the molecule is Cc1cccc(N2CC(C3(N)CC3)CC2=O)c1. The Morgan fingerprint density at radius 1 is 1.41 bits per heavy atom. The van der Waals surface area contributed by atoms with Crippen LogP contribution in [0.4, 0.5) is 5.69 Å². The van der Waals surface area contributed by atoms with Crippen molar-refractivity contribution in [1.82, 2.24) is 0 Å². The largest absolute Gasteiger partial charge is 0.325 e. The van der Waals surface area contributed by atoms with E-state index in [9.17, 15) is 4.79 Å². The van der Waals surface area contributed by atoms with Crippen LogP contribution in [0.25, 0.3) is 0 Å². The van der Waals surface area contributed by atoms with E-state index in [2.05, 4.69) is 6.07 Å². The van der Waals surface area contributed by atoms with E-state index in [1.54, 1.807) is 0 Å². The van der Waals surface area contributed by atoms with Crippen molar-refractivity contribution in [2.75, 3.05) is 11.4 Å². The number of carbonyl (C=O) groups is 1. The van der Waals surface area contributed by atoms with Crippen molar-refractivity contribution >= 4 is 11.6 Å². The maximum absolute atomic E-state index is 12.0. The van der Waals surface area contributed by atoms with Gasteiger partial charge in [-0.3, -0.25) is 4.79 Å². The zero-order valence-corrected chi connectivity index (χ0v) is 10.1. The molecule has 1 saturated carbocycles. The molecule has 3 rings (SSSR count). The molecule has 2 aliphatic rings. The maximum atomic E-state index is 12.0. The van der Waals surface area contributed by atoms with E-state index >= 15 is 0 Å². The van der Waals surface area contributed by atoms with Gasteiger partial charge in [0.15, 0.2) is 0 Å². The topological polar surface area (TPSA) is 46.3 Å². The second-order valence-corrected chi connectivity index (χ2v) is 5.48. The minimum atomic E-state index is -0.0474. The average molecular weight is 230 g/mol. The third-order valence-electron chi connectivity index (χ3n) is 4.08. The molecule has 1 saturated heterocycles. The molecule has 0 radical (unpaired) electrons. The van der Waals surface area contributed by atoms with E-state index in [-0.39, 0.29) is 11.4 Å². The Morgan fingerprint density at radius 2 is 2.18 bits per heavy atom.